The van der Waals surface area contributed by atoms with Crippen molar-refractivity contribution in [1.82, 2.24) is 0 Å². The standard InChI is InChI=1S/C17H18O4/c1-9-5-4-6-11(10(9)2)14(18)13-15(19)12-7-8-17(3,21-12)16(13)20/h4-6,12,18H,7-8H2,1-3H3/b14-13-. The van der Waals surface area contributed by atoms with E-state index in [1.165, 1.54) is 0 Å². The molecule has 2 atom stereocenters. The smallest absolute Gasteiger partial charge is 0.201 e. The maximum Gasteiger partial charge on any atom is 0.201 e. The zero-order chi connectivity index (χ0) is 15.4. The van der Waals surface area contributed by atoms with Crippen LogP contribution in [0.2, 0.25) is 0 Å². The van der Waals surface area contributed by atoms with Gasteiger partial charge < -0.3 is 9.84 Å². The summed E-state index contributed by atoms with van der Waals surface area (Å²) >= 11 is 0. The van der Waals surface area contributed by atoms with E-state index in [2.05, 4.69) is 0 Å². The van der Waals surface area contributed by atoms with Gasteiger partial charge in [0, 0.05) is 5.56 Å². The number of Topliss-reactive ketones (excluding diaryl/α,β-unsaturated/α-hetero) is 2. The Morgan fingerprint density at radius 1 is 1.33 bits per heavy atom. The molecule has 4 heteroatoms. The Morgan fingerprint density at radius 2 is 2.05 bits per heavy atom. The Bertz CT molecular complexity index is 686. The molecule has 4 nitrogen and oxygen atoms in total. The Balaban J connectivity index is 2.18. The van der Waals surface area contributed by atoms with Crippen LogP contribution in [0.3, 0.4) is 0 Å². The molecule has 110 valence electrons. The van der Waals surface area contributed by atoms with Crippen LogP contribution in [0, 0.1) is 13.8 Å². The second kappa shape index (κ2) is 4.53. The Labute approximate surface area is 123 Å². The molecule has 0 amide bonds. The van der Waals surface area contributed by atoms with Crippen molar-refractivity contribution >= 4 is 17.3 Å². The quantitative estimate of drug-likeness (QED) is 0.490. The summed E-state index contributed by atoms with van der Waals surface area (Å²) in [6.07, 6.45) is 0.450. The SMILES string of the molecule is Cc1cccc(/C(O)=C2\C(=O)C3CCC(C)(O3)C2=O)c1C. The molecule has 2 saturated heterocycles. The van der Waals surface area contributed by atoms with Gasteiger partial charge in [-0.1, -0.05) is 18.2 Å². The first-order valence-corrected chi connectivity index (χ1v) is 7.12. The summed E-state index contributed by atoms with van der Waals surface area (Å²) < 4.78 is 5.54. The number of rotatable bonds is 1. The number of aliphatic hydroxyl groups is 1. The number of carbonyl (C=O) groups is 2. The summed E-state index contributed by atoms with van der Waals surface area (Å²) in [6, 6.07) is 5.46. The number of hydrogen-bond donors (Lipinski definition) is 1. The van der Waals surface area contributed by atoms with Crippen LogP contribution in [0.1, 0.15) is 36.5 Å². The minimum Gasteiger partial charge on any atom is -0.506 e. The Morgan fingerprint density at radius 3 is 2.76 bits per heavy atom. The number of benzene rings is 1. The van der Waals surface area contributed by atoms with Crippen molar-refractivity contribution in [2.75, 3.05) is 0 Å². The molecule has 3 rings (SSSR count). The molecule has 2 heterocycles. The summed E-state index contributed by atoms with van der Waals surface area (Å²) in [5, 5.41) is 10.6. The maximum absolute atomic E-state index is 12.6. The number of hydrogen-bond acceptors (Lipinski definition) is 4. The molecule has 1 N–H and O–H groups in total. The minimum atomic E-state index is -0.973. The number of carbonyl (C=O) groups excluding carboxylic acids is 2. The van der Waals surface area contributed by atoms with Crippen LogP contribution in [-0.4, -0.2) is 28.4 Å². The maximum atomic E-state index is 12.6. The van der Waals surface area contributed by atoms with Gasteiger partial charge in [-0.2, -0.15) is 0 Å². The van der Waals surface area contributed by atoms with Gasteiger partial charge in [0.25, 0.3) is 0 Å². The first-order chi connectivity index (χ1) is 9.85. The fourth-order valence-corrected chi connectivity index (χ4v) is 3.09. The second-order valence-corrected chi connectivity index (χ2v) is 6.04. The van der Waals surface area contributed by atoms with E-state index in [1.54, 1.807) is 19.1 Å². The molecule has 2 fully saturated rings. The van der Waals surface area contributed by atoms with Crippen molar-refractivity contribution in [2.45, 2.75) is 45.3 Å². The van der Waals surface area contributed by atoms with Crippen molar-refractivity contribution in [2.24, 2.45) is 0 Å². The van der Waals surface area contributed by atoms with E-state index in [0.29, 0.717) is 18.4 Å². The highest BCUT2D eigenvalue weighted by Gasteiger charge is 2.54. The molecule has 0 spiro atoms. The number of aryl methyl sites for hydroxylation is 1. The number of ether oxygens (including phenoxy) is 1. The van der Waals surface area contributed by atoms with Crippen molar-refractivity contribution in [3.63, 3.8) is 0 Å². The third-order valence-corrected chi connectivity index (χ3v) is 4.63. The van der Waals surface area contributed by atoms with E-state index in [4.69, 9.17) is 4.74 Å². The lowest BCUT2D eigenvalue weighted by Gasteiger charge is -2.29. The van der Waals surface area contributed by atoms with Crippen LogP contribution in [0.5, 0.6) is 0 Å². The van der Waals surface area contributed by atoms with Crippen molar-refractivity contribution in [1.29, 1.82) is 0 Å². The normalized spacial score (nSPS) is 30.7. The lowest BCUT2D eigenvalue weighted by Crippen LogP contribution is -2.46. The molecule has 1 aromatic carbocycles. The van der Waals surface area contributed by atoms with Gasteiger partial charge >= 0.3 is 0 Å². The molecule has 2 aliphatic heterocycles. The highest BCUT2D eigenvalue weighted by molar-refractivity contribution is 6.30. The number of aliphatic hydroxyl groups excluding tert-OH is 1. The zero-order valence-corrected chi connectivity index (χ0v) is 12.4. The molecule has 0 aromatic heterocycles. The van der Waals surface area contributed by atoms with E-state index in [1.807, 2.05) is 19.9 Å². The largest absolute Gasteiger partial charge is 0.506 e. The third kappa shape index (κ3) is 1.94. The van der Waals surface area contributed by atoms with Crippen molar-refractivity contribution in [3.05, 3.63) is 40.5 Å². The van der Waals surface area contributed by atoms with Gasteiger partial charge in [-0.05, 0) is 44.7 Å². The summed E-state index contributed by atoms with van der Waals surface area (Å²) in [5.41, 5.74) is 1.34. The van der Waals surface area contributed by atoms with E-state index < -0.39 is 23.3 Å². The Hall–Kier alpha value is -1.94. The number of ketones is 2. The predicted molar refractivity (Wildman–Crippen MR) is 78.0 cm³/mol. The van der Waals surface area contributed by atoms with Gasteiger partial charge in [0.2, 0.25) is 5.78 Å². The predicted octanol–water partition coefficient (Wildman–Crippen LogP) is 2.66. The van der Waals surface area contributed by atoms with Gasteiger partial charge in [0.1, 0.15) is 23.0 Å². The molecule has 2 bridgehead atoms. The summed E-state index contributed by atoms with van der Waals surface area (Å²) in [4.78, 5) is 24.9. The highest BCUT2D eigenvalue weighted by atomic mass is 16.5. The molecule has 2 unspecified atom stereocenters. The van der Waals surface area contributed by atoms with Crippen LogP contribution < -0.4 is 0 Å². The first-order valence-electron chi connectivity index (χ1n) is 7.12. The molecule has 0 aliphatic carbocycles. The van der Waals surface area contributed by atoms with E-state index in [-0.39, 0.29) is 11.3 Å². The third-order valence-electron chi connectivity index (χ3n) is 4.63. The monoisotopic (exact) mass is 286 g/mol. The fraction of sp³-hybridized carbons (Fsp3) is 0.412. The van der Waals surface area contributed by atoms with Gasteiger partial charge in [0.15, 0.2) is 5.78 Å². The van der Waals surface area contributed by atoms with Crippen LogP contribution in [0.25, 0.3) is 5.76 Å². The fourth-order valence-electron chi connectivity index (χ4n) is 3.09. The van der Waals surface area contributed by atoms with E-state index in [9.17, 15) is 14.7 Å². The topological polar surface area (TPSA) is 63.6 Å². The lowest BCUT2D eigenvalue weighted by atomic mass is 9.87. The molecular weight excluding hydrogens is 268 g/mol. The average molecular weight is 286 g/mol. The van der Waals surface area contributed by atoms with Gasteiger partial charge in [-0.3, -0.25) is 9.59 Å². The average Bonchev–Trinajstić information content (AvgIpc) is 2.81. The van der Waals surface area contributed by atoms with Crippen molar-refractivity contribution in [3.8, 4) is 0 Å². The minimum absolute atomic E-state index is 0.0973. The first kappa shape index (κ1) is 14.0. The van der Waals surface area contributed by atoms with E-state index >= 15 is 0 Å². The zero-order valence-electron chi connectivity index (χ0n) is 12.4. The molecule has 0 radical (unpaired) electrons. The summed E-state index contributed by atoms with van der Waals surface area (Å²) in [6.45, 7) is 5.49. The van der Waals surface area contributed by atoms with Crippen LogP contribution in [0.4, 0.5) is 0 Å². The Kier molecular flexibility index (Phi) is 3.02. The highest BCUT2D eigenvalue weighted by Crippen LogP contribution is 2.41. The van der Waals surface area contributed by atoms with E-state index in [0.717, 1.165) is 11.1 Å². The molecular formula is C17H18O4. The molecule has 0 saturated carbocycles. The summed E-state index contributed by atoms with van der Waals surface area (Å²) in [5.74, 6) is -1.01. The summed E-state index contributed by atoms with van der Waals surface area (Å²) in [7, 11) is 0. The van der Waals surface area contributed by atoms with Gasteiger partial charge in [-0.15, -0.1) is 0 Å². The number of fused-ring (bicyclic) bond motifs is 2. The molecule has 1 aromatic rings. The van der Waals surface area contributed by atoms with Crippen LogP contribution in [0.15, 0.2) is 23.8 Å². The van der Waals surface area contributed by atoms with Gasteiger partial charge in [-0.25, -0.2) is 0 Å². The van der Waals surface area contributed by atoms with Crippen molar-refractivity contribution < 1.29 is 19.4 Å². The molecule has 21 heavy (non-hydrogen) atoms. The second-order valence-electron chi connectivity index (χ2n) is 6.04. The van der Waals surface area contributed by atoms with Crippen LogP contribution >= 0.6 is 0 Å². The van der Waals surface area contributed by atoms with Crippen LogP contribution in [-0.2, 0) is 14.3 Å². The van der Waals surface area contributed by atoms with Gasteiger partial charge in [0.05, 0.1) is 0 Å². The lowest BCUT2D eigenvalue weighted by molar-refractivity contribution is -0.151. The molecule has 2 aliphatic rings.